The lowest BCUT2D eigenvalue weighted by Gasteiger charge is -2.39. The monoisotopic (exact) mass is 513 g/mol. The number of aromatic nitrogens is 1. The van der Waals surface area contributed by atoms with E-state index in [1.165, 1.54) is 70.7 Å². The molecule has 1 nitrogen and oxygen atoms in total. The molecular weight excluding hydrogens is 490 g/mol. The minimum absolute atomic E-state index is 0.353. The highest BCUT2D eigenvalue weighted by Crippen LogP contribution is 2.62. The molecule has 2 heterocycles. The zero-order valence-electron chi connectivity index (χ0n) is 21.1. The lowest BCUT2D eigenvalue weighted by Crippen LogP contribution is -2.31. The third-order valence-corrected chi connectivity index (χ3v) is 9.81. The van der Waals surface area contributed by atoms with Gasteiger partial charge in [0.2, 0.25) is 0 Å². The van der Waals surface area contributed by atoms with Crippen molar-refractivity contribution in [3.63, 3.8) is 0 Å². The fourth-order valence-electron chi connectivity index (χ4n) is 7.17. The molecule has 0 bridgehead atoms. The third-order valence-electron chi connectivity index (χ3n) is 8.65. The van der Waals surface area contributed by atoms with Crippen LogP contribution in [-0.4, -0.2) is 4.57 Å². The van der Waals surface area contributed by atoms with Crippen LogP contribution >= 0.6 is 11.8 Å². The molecule has 0 radical (unpaired) electrons. The molecule has 0 saturated carbocycles. The van der Waals surface area contributed by atoms with Gasteiger partial charge in [0.15, 0.2) is 0 Å². The van der Waals surface area contributed by atoms with Gasteiger partial charge >= 0.3 is 0 Å². The zero-order chi connectivity index (χ0) is 25.6. The Kier molecular flexibility index (Phi) is 4.26. The molecule has 2 heteroatoms. The Morgan fingerprint density at radius 1 is 0.436 bits per heavy atom. The Morgan fingerprint density at radius 3 is 1.82 bits per heavy atom. The standard InChI is InChI=1S/C37H23NS/c1-2-12-24(13-3-1)38-33-19-9-5-15-26(33)28-22-32-27(23-34(28)38)25-14-4-6-16-29(25)37(32)30-17-7-10-20-35(30)39-36-21-11-8-18-31(36)37/h1-23H. The number of benzene rings is 6. The maximum Gasteiger partial charge on any atom is 0.0735 e. The highest BCUT2D eigenvalue weighted by molar-refractivity contribution is 7.99. The smallest absolute Gasteiger partial charge is 0.0735 e. The Labute approximate surface area is 231 Å². The van der Waals surface area contributed by atoms with Gasteiger partial charge < -0.3 is 4.57 Å². The van der Waals surface area contributed by atoms with Crippen LogP contribution in [0.5, 0.6) is 0 Å². The summed E-state index contributed by atoms with van der Waals surface area (Å²) in [7, 11) is 0. The van der Waals surface area contributed by atoms with E-state index in [0.29, 0.717) is 0 Å². The Balaban J connectivity index is 1.49. The fraction of sp³-hybridized carbons (Fsp3) is 0.0270. The van der Waals surface area contributed by atoms with Gasteiger partial charge in [0, 0.05) is 26.3 Å². The van der Waals surface area contributed by atoms with E-state index in [2.05, 4.69) is 144 Å². The van der Waals surface area contributed by atoms with Crippen LogP contribution < -0.4 is 0 Å². The Hall–Kier alpha value is -4.53. The summed E-state index contributed by atoms with van der Waals surface area (Å²) in [6.45, 7) is 0. The number of hydrogen-bond donors (Lipinski definition) is 0. The zero-order valence-corrected chi connectivity index (χ0v) is 22.0. The van der Waals surface area contributed by atoms with Gasteiger partial charge in [-0.05, 0) is 75.8 Å². The van der Waals surface area contributed by atoms with E-state index in [4.69, 9.17) is 0 Å². The van der Waals surface area contributed by atoms with Gasteiger partial charge in [-0.25, -0.2) is 0 Å². The van der Waals surface area contributed by atoms with Crippen LogP contribution in [0.15, 0.2) is 149 Å². The number of hydrogen-bond acceptors (Lipinski definition) is 1. The molecule has 6 aromatic carbocycles. The Morgan fingerprint density at radius 2 is 1.05 bits per heavy atom. The largest absolute Gasteiger partial charge is 0.309 e. The number of rotatable bonds is 1. The molecule has 0 amide bonds. The van der Waals surface area contributed by atoms with Gasteiger partial charge in [-0.15, -0.1) is 0 Å². The van der Waals surface area contributed by atoms with Crippen LogP contribution in [0.3, 0.4) is 0 Å². The minimum Gasteiger partial charge on any atom is -0.309 e. The van der Waals surface area contributed by atoms with E-state index in [9.17, 15) is 0 Å². The van der Waals surface area contributed by atoms with Gasteiger partial charge in [-0.1, -0.05) is 109 Å². The van der Waals surface area contributed by atoms with Crippen molar-refractivity contribution >= 4 is 33.6 Å². The normalized spacial score (nSPS) is 14.3. The predicted octanol–water partition coefficient (Wildman–Crippen LogP) is 9.61. The maximum atomic E-state index is 2.51. The van der Waals surface area contributed by atoms with Crippen LogP contribution in [0.4, 0.5) is 0 Å². The van der Waals surface area contributed by atoms with Crippen molar-refractivity contribution in [1.82, 2.24) is 4.57 Å². The van der Waals surface area contributed by atoms with E-state index in [0.717, 1.165) is 0 Å². The summed E-state index contributed by atoms with van der Waals surface area (Å²) >= 11 is 1.90. The summed E-state index contributed by atoms with van der Waals surface area (Å²) in [4.78, 5) is 2.68. The molecule has 182 valence electrons. The summed E-state index contributed by atoms with van der Waals surface area (Å²) in [6, 6.07) is 51.7. The molecule has 1 spiro atoms. The van der Waals surface area contributed by atoms with Gasteiger partial charge in [0.25, 0.3) is 0 Å². The molecule has 1 aliphatic heterocycles. The molecule has 1 aromatic heterocycles. The molecule has 0 atom stereocenters. The highest BCUT2D eigenvalue weighted by atomic mass is 32.2. The average Bonchev–Trinajstić information content (AvgIpc) is 3.47. The first-order chi connectivity index (χ1) is 19.4. The SMILES string of the molecule is c1ccc(-n2c3ccccc3c3cc4c(cc32)-c2ccccc2C42c3ccccc3Sc3ccccc32)cc1. The Bertz CT molecular complexity index is 2050. The van der Waals surface area contributed by atoms with E-state index >= 15 is 0 Å². The molecule has 0 saturated heterocycles. The first kappa shape index (κ1) is 21.4. The van der Waals surface area contributed by atoms with Crippen molar-refractivity contribution in [2.45, 2.75) is 15.2 Å². The predicted molar refractivity (Wildman–Crippen MR) is 162 cm³/mol. The number of para-hydroxylation sites is 2. The van der Waals surface area contributed by atoms with Crippen LogP contribution in [0.1, 0.15) is 22.3 Å². The number of fused-ring (bicyclic) bond motifs is 12. The van der Waals surface area contributed by atoms with Gasteiger partial charge in [-0.2, -0.15) is 0 Å². The van der Waals surface area contributed by atoms with Gasteiger partial charge in [0.1, 0.15) is 0 Å². The lowest BCUT2D eigenvalue weighted by atomic mass is 9.67. The van der Waals surface area contributed by atoms with E-state index in [1.807, 2.05) is 11.8 Å². The summed E-state index contributed by atoms with van der Waals surface area (Å²) in [5, 5.41) is 2.59. The van der Waals surface area contributed by atoms with E-state index in [-0.39, 0.29) is 5.41 Å². The van der Waals surface area contributed by atoms with Crippen LogP contribution in [0.25, 0.3) is 38.6 Å². The summed E-state index contributed by atoms with van der Waals surface area (Å²) in [5.74, 6) is 0. The first-order valence-corrected chi connectivity index (χ1v) is 14.3. The molecule has 7 aromatic rings. The number of nitrogens with zero attached hydrogens (tertiary/aromatic N) is 1. The first-order valence-electron chi connectivity index (χ1n) is 13.5. The summed E-state index contributed by atoms with van der Waals surface area (Å²) in [5.41, 5.74) is 11.5. The van der Waals surface area contributed by atoms with Crippen molar-refractivity contribution in [3.8, 4) is 16.8 Å². The second-order valence-electron chi connectivity index (χ2n) is 10.5. The van der Waals surface area contributed by atoms with E-state index < -0.39 is 0 Å². The molecule has 39 heavy (non-hydrogen) atoms. The van der Waals surface area contributed by atoms with Crippen LogP contribution in [0, 0.1) is 0 Å². The average molecular weight is 514 g/mol. The highest BCUT2D eigenvalue weighted by Gasteiger charge is 2.50. The van der Waals surface area contributed by atoms with Crippen LogP contribution in [0.2, 0.25) is 0 Å². The molecule has 9 rings (SSSR count). The summed E-state index contributed by atoms with van der Waals surface area (Å²) in [6.07, 6.45) is 0. The van der Waals surface area contributed by atoms with Crippen molar-refractivity contribution in [3.05, 3.63) is 162 Å². The lowest BCUT2D eigenvalue weighted by molar-refractivity contribution is 0.723. The third kappa shape index (κ3) is 2.67. The molecule has 1 aliphatic carbocycles. The van der Waals surface area contributed by atoms with Crippen molar-refractivity contribution in [2.75, 3.05) is 0 Å². The second-order valence-corrected chi connectivity index (χ2v) is 11.6. The molecular formula is C37H23NS. The molecule has 2 aliphatic rings. The molecule has 0 N–H and O–H groups in total. The van der Waals surface area contributed by atoms with Gasteiger partial charge in [0.05, 0.1) is 16.4 Å². The quantitative estimate of drug-likeness (QED) is 0.211. The molecule has 0 unspecified atom stereocenters. The molecule has 0 fully saturated rings. The van der Waals surface area contributed by atoms with Crippen LogP contribution in [-0.2, 0) is 5.41 Å². The van der Waals surface area contributed by atoms with E-state index in [1.54, 1.807) is 0 Å². The minimum atomic E-state index is -0.353. The van der Waals surface area contributed by atoms with Crippen molar-refractivity contribution < 1.29 is 0 Å². The fourth-order valence-corrected chi connectivity index (χ4v) is 8.36. The second kappa shape index (κ2) is 7.75. The summed E-state index contributed by atoms with van der Waals surface area (Å²) < 4.78 is 2.43. The maximum absolute atomic E-state index is 2.51. The topological polar surface area (TPSA) is 4.93 Å². The van der Waals surface area contributed by atoms with Gasteiger partial charge in [-0.3, -0.25) is 0 Å². The van der Waals surface area contributed by atoms with Crippen molar-refractivity contribution in [1.29, 1.82) is 0 Å². The van der Waals surface area contributed by atoms with Crippen molar-refractivity contribution in [2.24, 2.45) is 0 Å².